The monoisotopic (exact) mass is 263 g/mol. The number of carbonyl (C=O) groups is 1. The third-order valence-corrected chi connectivity index (χ3v) is 4.05. The van der Waals surface area contributed by atoms with Crippen molar-refractivity contribution in [2.24, 2.45) is 5.92 Å². The maximum absolute atomic E-state index is 11.5. The van der Waals surface area contributed by atoms with Crippen LogP contribution in [0, 0.1) is 19.8 Å². The van der Waals surface area contributed by atoms with Crippen LogP contribution in [0.4, 0.5) is 5.82 Å². The zero-order chi connectivity index (χ0) is 14.0. The molecule has 5 heteroatoms. The fourth-order valence-corrected chi connectivity index (χ4v) is 2.66. The molecule has 0 amide bonds. The lowest BCUT2D eigenvalue weighted by atomic mass is 9.95. The molecule has 0 saturated carbocycles. The second kappa shape index (κ2) is 5.55. The maximum atomic E-state index is 11.5. The molecular weight excluding hydrogens is 242 g/mol. The highest BCUT2D eigenvalue weighted by Crippen LogP contribution is 2.27. The van der Waals surface area contributed by atoms with E-state index in [0.29, 0.717) is 23.0 Å². The molecule has 1 aromatic heterocycles. The van der Waals surface area contributed by atoms with E-state index in [4.69, 9.17) is 0 Å². The lowest BCUT2D eigenvalue weighted by Gasteiger charge is -2.33. The standard InChI is InChI=1S/C14H21N3O2/c1-4-11-6-5-7-17(8-11)13-12(14(18)19)9(2)10(3)15-16-13/h11H,4-8H2,1-3H3,(H,18,19). The molecular formula is C14H21N3O2. The van der Waals surface area contributed by atoms with E-state index in [1.165, 1.54) is 6.42 Å². The highest BCUT2D eigenvalue weighted by molar-refractivity contribution is 5.95. The molecule has 1 fully saturated rings. The van der Waals surface area contributed by atoms with Gasteiger partial charge in [-0.15, -0.1) is 5.10 Å². The van der Waals surface area contributed by atoms with Crippen LogP contribution in [0.2, 0.25) is 0 Å². The largest absolute Gasteiger partial charge is 0.478 e. The molecule has 5 nitrogen and oxygen atoms in total. The van der Waals surface area contributed by atoms with Crippen molar-refractivity contribution in [2.75, 3.05) is 18.0 Å². The van der Waals surface area contributed by atoms with Gasteiger partial charge in [0.2, 0.25) is 0 Å². The second-order valence-corrected chi connectivity index (χ2v) is 5.28. The van der Waals surface area contributed by atoms with Crippen LogP contribution in [-0.2, 0) is 0 Å². The molecule has 0 radical (unpaired) electrons. The number of carboxylic acid groups (broad SMARTS) is 1. The molecule has 19 heavy (non-hydrogen) atoms. The number of carboxylic acids is 1. The molecule has 1 unspecified atom stereocenters. The number of hydrogen-bond donors (Lipinski definition) is 1. The smallest absolute Gasteiger partial charge is 0.339 e. The molecule has 0 aromatic carbocycles. The summed E-state index contributed by atoms with van der Waals surface area (Å²) < 4.78 is 0. The zero-order valence-corrected chi connectivity index (χ0v) is 11.8. The highest BCUT2D eigenvalue weighted by Gasteiger charge is 2.26. The summed E-state index contributed by atoms with van der Waals surface area (Å²) in [5.41, 5.74) is 1.71. The van der Waals surface area contributed by atoms with Crippen LogP contribution in [0.1, 0.15) is 47.8 Å². The van der Waals surface area contributed by atoms with Gasteiger partial charge in [-0.3, -0.25) is 0 Å². The van der Waals surface area contributed by atoms with Gasteiger partial charge in [0.1, 0.15) is 5.56 Å². The lowest BCUT2D eigenvalue weighted by molar-refractivity contribution is 0.0695. The number of hydrogen-bond acceptors (Lipinski definition) is 4. The fourth-order valence-electron chi connectivity index (χ4n) is 2.66. The Hall–Kier alpha value is -1.65. The Kier molecular flexibility index (Phi) is 4.02. The summed E-state index contributed by atoms with van der Waals surface area (Å²) in [5, 5.41) is 17.7. The number of aryl methyl sites for hydroxylation is 1. The van der Waals surface area contributed by atoms with Crippen LogP contribution in [0.3, 0.4) is 0 Å². The Labute approximate surface area is 113 Å². The third kappa shape index (κ3) is 2.69. The Bertz CT molecular complexity index is 488. The molecule has 104 valence electrons. The third-order valence-electron chi connectivity index (χ3n) is 4.05. The van der Waals surface area contributed by atoms with E-state index in [2.05, 4.69) is 22.0 Å². The van der Waals surface area contributed by atoms with Crippen molar-refractivity contribution in [3.05, 3.63) is 16.8 Å². The molecule has 1 aliphatic heterocycles. The van der Waals surface area contributed by atoms with E-state index in [0.717, 1.165) is 31.5 Å². The molecule has 2 rings (SSSR count). The summed E-state index contributed by atoms with van der Waals surface area (Å²) in [6.45, 7) is 7.53. The van der Waals surface area contributed by atoms with Gasteiger partial charge in [-0.2, -0.15) is 5.10 Å². The number of nitrogens with zero attached hydrogens (tertiary/aromatic N) is 3. The maximum Gasteiger partial charge on any atom is 0.339 e. The van der Waals surface area contributed by atoms with Crippen LogP contribution >= 0.6 is 0 Å². The molecule has 1 atom stereocenters. The lowest BCUT2D eigenvalue weighted by Crippen LogP contribution is -2.37. The predicted molar refractivity (Wildman–Crippen MR) is 73.7 cm³/mol. The van der Waals surface area contributed by atoms with Gasteiger partial charge < -0.3 is 10.0 Å². The van der Waals surface area contributed by atoms with Gasteiger partial charge in [0.05, 0.1) is 5.69 Å². The van der Waals surface area contributed by atoms with Crippen molar-refractivity contribution in [1.82, 2.24) is 10.2 Å². The summed E-state index contributed by atoms with van der Waals surface area (Å²) in [6.07, 6.45) is 3.43. The van der Waals surface area contributed by atoms with E-state index in [-0.39, 0.29) is 0 Å². The highest BCUT2D eigenvalue weighted by atomic mass is 16.4. The molecule has 1 aliphatic rings. The summed E-state index contributed by atoms with van der Waals surface area (Å²) in [4.78, 5) is 13.6. The van der Waals surface area contributed by atoms with Crippen LogP contribution in [0.5, 0.6) is 0 Å². The molecule has 1 saturated heterocycles. The van der Waals surface area contributed by atoms with Crippen LogP contribution < -0.4 is 4.90 Å². The van der Waals surface area contributed by atoms with Gasteiger partial charge in [0.25, 0.3) is 0 Å². The number of aromatic nitrogens is 2. The summed E-state index contributed by atoms with van der Waals surface area (Å²) >= 11 is 0. The molecule has 0 aliphatic carbocycles. The topological polar surface area (TPSA) is 66.3 Å². The first-order valence-corrected chi connectivity index (χ1v) is 6.86. The van der Waals surface area contributed by atoms with Crippen LogP contribution in [-0.4, -0.2) is 34.4 Å². The average Bonchev–Trinajstić information content (AvgIpc) is 2.41. The van der Waals surface area contributed by atoms with Crippen molar-refractivity contribution in [1.29, 1.82) is 0 Å². The minimum atomic E-state index is -0.913. The number of piperidine rings is 1. The first-order chi connectivity index (χ1) is 9.04. The van der Waals surface area contributed by atoms with Gasteiger partial charge in [0.15, 0.2) is 5.82 Å². The molecule has 0 spiro atoms. The van der Waals surface area contributed by atoms with Crippen LogP contribution in [0.25, 0.3) is 0 Å². The van der Waals surface area contributed by atoms with Crippen molar-refractivity contribution < 1.29 is 9.90 Å². The van der Waals surface area contributed by atoms with E-state index < -0.39 is 5.97 Å². The summed E-state index contributed by atoms with van der Waals surface area (Å²) in [6, 6.07) is 0. The predicted octanol–water partition coefficient (Wildman–Crippen LogP) is 2.42. The molecule has 1 N–H and O–H groups in total. The first-order valence-electron chi connectivity index (χ1n) is 6.86. The van der Waals surface area contributed by atoms with Crippen LogP contribution in [0.15, 0.2) is 0 Å². The zero-order valence-electron chi connectivity index (χ0n) is 11.8. The second-order valence-electron chi connectivity index (χ2n) is 5.28. The Morgan fingerprint density at radius 3 is 2.79 bits per heavy atom. The quantitative estimate of drug-likeness (QED) is 0.907. The van der Waals surface area contributed by atoms with E-state index in [1.54, 1.807) is 13.8 Å². The van der Waals surface area contributed by atoms with Gasteiger partial charge in [-0.05, 0) is 38.2 Å². The van der Waals surface area contributed by atoms with E-state index in [9.17, 15) is 9.90 Å². The molecule has 0 bridgehead atoms. The fraction of sp³-hybridized carbons (Fsp3) is 0.643. The summed E-state index contributed by atoms with van der Waals surface area (Å²) in [7, 11) is 0. The minimum absolute atomic E-state index is 0.309. The van der Waals surface area contributed by atoms with Crippen molar-refractivity contribution >= 4 is 11.8 Å². The van der Waals surface area contributed by atoms with E-state index >= 15 is 0 Å². The Morgan fingerprint density at radius 1 is 1.42 bits per heavy atom. The molecule has 1 aromatic rings. The van der Waals surface area contributed by atoms with Crippen molar-refractivity contribution in [3.63, 3.8) is 0 Å². The average molecular weight is 263 g/mol. The van der Waals surface area contributed by atoms with Gasteiger partial charge in [0, 0.05) is 13.1 Å². The van der Waals surface area contributed by atoms with Gasteiger partial charge in [-0.25, -0.2) is 4.79 Å². The summed E-state index contributed by atoms with van der Waals surface area (Å²) in [5.74, 6) is 0.247. The normalized spacial score (nSPS) is 19.5. The van der Waals surface area contributed by atoms with E-state index in [1.807, 2.05) is 0 Å². The van der Waals surface area contributed by atoms with Gasteiger partial charge in [-0.1, -0.05) is 13.3 Å². The number of aromatic carboxylic acids is 1. The Morgan fingerprint density at radius 2 is 2.16 bits per heavy atom. The van der Waals surface area contributed by atoms with Crippen molar-refractivity contribution in [2.45, 2.75) is 40.0 Å². The Balaban J connectivity index is 2.39. The SMILES string of the molecule is CCC1CCCN(c2nnc(C)c(C)c2C(=O)O)C1. The minimum Gasteiger partial charge on any atom is -0.478 e. The first kappa shape index (κ1) is 13.8. The number of rotatable bonds is 3. The molecule has 2 heterocycles. The van der Waals surface area contributed by atoms with Gasteiger partial charge >= 0.3 is 5.97 Å². The number of anilines is 1. The van der Waals surface area contributed by atoms with Crippen molar-refractivity contribution in [3.8, 4) is 0 Å².